The Bertz CT molecular complexity index is 713. The van der Waals surface area contributed by atoms with Crippen molar-refractivity contribution in [2.45, 2.75) is 6.92 Å². The topological polar surface area (TPSA) is 17.1 Å². The van der Waals surface area contributed by atoms with Gasteiger partial charge in [-0.2, -0.15) is 0 Å². The molecule has 20 heavy (non-hydrogen) atoms. The van der Waals surface area contributed by atoms with Crippen molar-refractivity contribution in [3.63, 3.8) is 0 Å². The van der Waals surface area contributed by atoms with Crippen LogP contribution in [0.5, 0.6) is 0 Å². The van der Waals surface area contributed by atoms with Crippen LogP contribution in [0.2, 0.25) is 20.1 Å². The van der Waals surface area contributed by atoms with Crippen LogP contribution in [-0.2, 0) is 0 Å². The minimum absolute atomic E-state index is 0.00554. The molecule has 2 rings (SSSR count). The molecule has 0 bridgehead atoms. The maximum atomic E-state index is 13.5. The fourth-order valence-corrected chi connectivity index (χ4v) is 2.74. The van der Waals surface area contributed by atoms with Crippen LogP contribution < -0.4 is 0 Å². The largest absolute Gasteiger partial charge is 0.288 e. The molecule has 104 valence electrons. The number of carbonyl (C=O) groups excluding carboxylic acids is 1. The zero-order chi connectivity index (χ0) is 15.0. The molecule has 6 heteroatoms. The second-order valence-electron chi connectivity index (χ2n) is 4.14. The van der Waals surface area contributed by atoms with Crippen molar-refractivity contribution in [2.24, 2.45) is 0 Å². The van der Waals surface area contributed by atoms with E-state index in [1.165, 1.54) is 18.2 Å². The molecule has 0 heterocycles. The van der Waals surface area contributed by atoms with E-state index in [9.17, 15) is 9.18 Å². The lowest BCUT2D eigenvalue weighted by Gasteiger charge is -2.09. The molecule has 0 aliphatic carbocycles. The van der Waals surface area contributed by atoms with Crippen molar-refractivity contribution in [2.75, 3.05) is 0 Å². The Morgan fingerprint density at radius 3 is 2.25 bits per heavy atom. The van der Waals surface area contributed by atoms with E-state index < -0.39 is 11.6 Å². The highest BCUT2D eigenvalue weighted by Gasteiger charge is 2.21. The Morgan fingerprint density at radius 1 is 1.00 bits per heavy atom. The second-order valence-corrected chi connectivity index (χ2v) is 5.71. The summed E-state index contributed by atoms with van der Waals surface area (Å²) in [6.07, 6.45) is 0. The molecule has 2 aromatic carbocycles. The van der Waals surface area contributed by atoms with E-state index >= 15 is 0 Å². The average molecular weight is 352 g/mol. The first-order valence-electron chi connectivity index (χ1n) is 5.46. The maximum Gasteiger partial charge on any atom is 0.196 e. The molecule has 0 aliphatic heterocycles. The van der Waals surface area contributed by atoms with Crippen LogP contribution in [0.3, 0.4) is 0 Å². The zero-order valence-electron chi connectivity index (χ0n) is 10.1. The van der Waals surface area contributed by atoms with Crippen LogP contribution in [0.25, 0.3) is 0 Å². The van der Waals surface area contributed by atoms with E-state index in [1.807, 2.05) is 0 Å². The van der Waals surface area contributed by atoms with Crippen molar-refractivity contribution >= 4 is 52.2 Å². The summed E-state index contributed by atoms with van der Waals surface area (Å²) in [5.41, 5.74) is 0.578. The van der Waals surface area contributed by atoms with Gasteiger partial charge >= 0.3 is 0 Å². The van der Waals surface area contributed by atoms with Gasteiger partial charge in [-0.3, -0.25) is 4.79 Å². The number of carbonyl (C=O) groups is 1. The summed E-state index contributed by atoms with van der Waals surface area (Å²) >= 11 is 23.7. The molecule has 0 fully saturated rings. The second kappa shape index (κ2) is 5.90. The molecule has 1 nitrogen and oxygen atoms in total. The van der Waals surface area contributed by atoms with E-state index in [0.29, 0.717) is 5.56 Å². The fraction of sp³-hybridized carbons (Fsp3) is 0.0714. The lowest BCUT2D eigenvalue weighted by atomic mass is 10.0. The number of halogens is 5. The number of aryl methyl sites for hydroxylation is 1. The van der Waals surface area contributed by atoms with Gasteiger partial charge in [0.2, 0.25) is 0 Å². The third-order valence-electron chi connectivity index (χ3n) is 2.78. The summed E-state index contributed by atoms with van der Waals surface area (Å²) in [5.74, 6) is -0.999. The molecule has 0 atom stereocenters. The Kier molecular flexibility index (Phi) is 4.60. The molecule has 0 saturated carbocycles. The Morgan fingerprint density at radius 2 is 1.65 bits per heavy atom. The standard InChI is InChI=1S/C14H7Cl4FO/c1-6-2-3-7(4-10(6)19)14(20)11-8(15)5-9(16)12(17)13(11)18/h2-5H,1H3. The van der Waals surface area contributed by atoms with E-state index in [0.717, 1.165) is 6.07 Å². The molecule has 0 spiro atoms. The molecule has 2 aromatic rings. The smallest absolute Gasteiger partial charge is 0.196 e. The minimum atomic E-state index is -0.516. The molecule has 0 unspecified atom stereocenters. The van der Waals surface area contributed by atoms with Gasteiger partial charge in [-0.15, -0.1) is 0 Å². The van der Waals surface area contributed by atoms with Gasteiger partial charge in [0, 0.05) is 5.56 Å². The Balaban J connectivity index is 2.59. The molecular weight excluding hydrogens is 345 g/mol. The quantitative estimate of drug-likeness (QED) is 0.369. The SMILES string of the molecule is Cc1ccc(C(=O)c2c(Cl)cc(Cl)c(Cl)c2Cl)cc1F. The first-order valence-corrected chi connectivity index (χ1v) is 6.98. The zero-order valence-corrected chi connectivity index (χ0v) is 13.1. The molecular formula is C14H7Cl4FO. The van der Waals surface area contributed by atoms with Crippen molar-refractivity contribution in [1.29, 1.82) is 0 Å². The van der Waals surface area contributed by atoms with Gasteiger partial charge in [-0.25, -0.2) is 4.39 Å². The monoisotopic (exact) mass is 350 g/mol. The molecule has 0 radical (unpaired) electrons. The highest BCUT2D eigenvalue weighted by atomic mass is 35.5. The third-order valence-corrected chi connectivity index (χ3v) is 4.34. The van der Waals surface area contributed by atoms with Gasteiger partial charge in [0.05, 0.1) is 25.7 Å². The number of ketones is 1. The van der Waals surface area contributed by atoms with Crippen molar-refractivity contribution in [3.05, 3.63) is 66.9 Å². The predicted molar refractivity (Wildman–Crippen MR) is 81.1 cm³/mol. The van der Waals surface area contributed by atoms with Crippen molar-refractivity contribution in [1.82, 2.24) is 0 Å². The summed E-state index contributed by atoms with van der Waals surface area (Å²) in [5, 5.41) is 0.201. The molecule has 0 amide bonds. The summed E-state index contributed by atoms with van der Waals surface area (Å²) in [6.45, 7) is 1.60. The number of benzene rings is 2. The summed E-state index contributed by atoms with van der Waals surface area (Å²) in [7, 11) is 0. The lowest BCUT2D eigenvalue weighted by Crippen LogP contribution is -2.05. The van der Waals surface area contributed by atoms with E-state index in [1.54, 1.807) is 6.92 Å². The first-order chi connectivity index (χ1) is 9.32. The Hall–Kier alpha value is -0.800. The van der Waals surface area contributed by atoms with E-state index in [2.05, 4.69) is 0 Å². The van der Waals surface area contributed by atoms with Gasteiger partial charge in [0.1, 0.15) is 5.82 Å². The van der Waals surface area contributed by atoms with Gasteiger partial charge in [0.15, 0.2) is 5.78 Å². The Labute approximate surface area is 135 Å². The summed E-state index contributed by atoms with van der Waals surface area (Å²) < 4.78 is 13.5. The lowest BCUT2D eigenvalue weighted by molar-refractivity contribution is 0.103. The maximum absolute atomic E-state index is 13.5. The van der Waals surface area contributed by atoms with Crippen LogP contribution in [0.1, 0.15) is 21.5 Å². The normalized spacial score (nSPS) is 10.7. The van der Waals surface area contributed by atoms with Gasteiger partial charge in [-0.05, 0) is 24.6 Å². The van der Waals surface area contributed by atoms with Crippen LogP contribution in [0, 0.1) is 12.7 Å². The van der Waals surface area contributed by atoms with Crippen molar-refractivity contribution in [3.8, 4) is 0 Å². The van der Waals surface area contributed by atoms with Gasteiger partial charge in [0.25, 0.3) is 0 Å². The third kappa shape index (κ3) is 2.79. The summed E-state index contributed by atoms with van der Waals surface area (Å²) in [6, 6.07) is 5.46. The van der Waals surface area contributed by atoms with Crippen molar-refractivity contribution < 1.29 is 9.18 Å². The molecule has 0 N–H and O–H groups in total. The highest BCUT2D eigenvalue weighted by molar-refractivity contribution is 6.51. The average Bonchev–Trinajstić information content (AvgIpc) is 2.39. The van der Waals surface area contributed by atoms with Crippen LogP contribution in [-0.4, -0.2) is 5.78 Å². The fourth-order valence-electron chi connectivity index (χ4n) is 1.65. The molecule has 0 saturated heterocycles. The van der Waals surface area contributed by atoms with Gasteiger partial charge < -0.3 is 0 Å². The first kappa shape index (κ1) is 15.6. The minimum Gasteiger partial charge on any atom is -0.288 e. The number of hydrogen-bond donors (Lipinski definition) is 0. The summed E-state index contributed by atoms with van der Waals surface area (Å²) in [4.78, 5) is 12.4. The highest BCUT2D eigenvalue weighted by Crippen LogP contribution is 2.38. The van der Waals surface area contributed by atoms with E-state index in [-0.39, 0.29) is 31.2 Å². The van der Waals surface area contributed by atoms with E-state index in [4.69, 9.17) is 46.4 Å². The van der Waals surface area contributed by atoms with Crippen LogP contribution >= 0.6 is 46.4 Å². The molecule has 0 aliphatic rings. The van der Waals surface area contributed by atoms with Crippen LogP contribution in [0.4, 0.5) is 4.39 Å². The number of hydrogen-bond acceptors (Lipinski definition) is 1. The van der Waals surface area contributed by atoms with Crippen LogP contribution in [0.15, 0.2) is 24.3 Å². The molecule has 0 aromatic heterocycles. The number of rotatable bonds is 2. The predicted octanol–water partition coefficient (Wildman–Crippen LogP) is 5.98. The van der Waals surface area contributed by atoms with Gasteiger partial charge in [-0.1, -0.05) is 58.5 Å².